The fourth-order valence-corrected chi connectivity index (χ4v) is 5.56. The Kier molecular flexibility index (Phi) is 5.14. The summed E-state index contributed by atoms with van der Waals surface area (Å²) in [4.78, 5) is 25.8. The maximum atomic E-state index is 13.0. The van der Waals surface area contributed by atoms with Crippen LogP contribution in [0.4, 0.5) is 0 Å². The molecule has 2 saturated carbocycles. The highest BCUT2D eigenvalue weighted by molar-refractivity contribution is 5.84. The third-order valence-electron chi connectivity index (χ3n) is 7.89. The van der Waals surface area contributed by atoms with Crippen LogP contribution < -0.4 is 10.6 Å². The number of carbonyl (C=O) groups is 2. The van der Waals surface area contributed by atoms with E-state index in [1.807, 2.05) is 19.1 Å². The van der Waals surface area contributed by atoms with Crippen molar-refractivity contribution in [3.8, 4) is 0 Å². The molecular formula is C23H32N2O5. The third kappa shape index (κ3) is 3.78. The van der Waals surface area contributed by atoms with Crippen molar-refractivity contribution in [2.45, 2.75) is 51.5 Å². The summed E-state index contributed by atoms with van der Waals surface area (Å²) in [6, 6.07) is 3.43. The smallest absolute Gasteiger partial charge is 0.224 e. The zero-order valence-electron chi connectivity index (χ0n) is 17.7. The molecular weight excluding hydrogens is 384 g/mol. The highest BCUT2D eigenvalue weighted by atomic mass is 16.5. The van der Waals surface area contributed by atoms with E-state index in [1.54, 1.807) is 0 Å². The van der Waals surface area contributed by atoms with Crippen LogP contribution in [0.1, 0.15) is 56.1 Å². The van der Waals surface area contributed by atoms with E-state index in [1.165, 1.54) is 0 Å². The largest absolute Gasteiger partial charge is 0.464 e. The molecule has 2 aliphatic carbocycles. The Bertz CT molecular complexity index is 806. The third-order valence-corrected chi connectivity index (χ3v) is 7.89. The molecule has 2 spiro atoms. The zero-order valence-corrected chi connectivity index (χ0v) is 17.7. The Labute approximate surface area is 177 Å². The Morgan fingerprint density at radius 3 is 2.07 bits per heavy atom. The van der Waals surface area contributed by atoms with Gasteiger partial charge in [-0.25, -0.2) is 0 Å². The standard InChI is InChI=1S/C23H32N2O5/c1-15-2-3-19(30-15)18(25-21(27)17-13-23(17)6-10-29-11-7-23)14-24-20(26)16-12-22(16)4-8-28-9-5-22/h2-3,16-18H,4-14H2,1H3,(H,24,26)(H,25,27)/t16-,17+,18-/m0/s1. The molecule has 2 N–H and O–H groups in total. The van der Waals surface area contributed by atoms with Crippen LogP contribution >= 0.6 is 0 Å². The minimum atomic E-state index is -0.350. The zero-order chi connectivity index (χ0) is 20.8. The lowest BCUT2D eigenvalue weighted by Gasteiger charge is -2.24. The van der Waals surface area contributed by atoms with E-state index in [2.05, 4.69) is 10.6 Å². The molecule has 1 aromatic rings. The van der Waals surface area contributed by atoms with Crippen LogP contribution in [0.2, 0.25) is 0 Å². The molecule has 0 aromatic carbocycles. The Morgan fingerprint density at radius 1 is 0.967 bits per heavy atom. The minimum Gasteiger partial charge on any atom is -0.464 e. The summed E-state index contributed by atoms with van der Waals surface area (Å²) >= 11 is 0. The van der Waals surface area contributed by atoms with Crippen molar-refractivity contribution >= 4 is 11.8 Å². The van der Waals surface area contributed by atoms with Crippen LogP contribution in [-0.2, 0) is 19.1 Å². The van der Waals surface area contributed by atoms with Crippen molar-refractivity contribution in [2.75, 3.05) is 33.0 Å². The average Bonchev–Trinajstić information content (AvgIpc) is 3.59. The monoisotopic (exact) mass is 416 g/mol. The Morgan fingerprint density at radius 2 is 1.53 bits per heavy atom. The first-order chi connectivity index (χ1) is 14.5. The van der Waals surface area contributed by atoms with E-state index in [-0.39, 0.29) is 40.5 Å². The lowest BCUT2D eigenvalue weighted by Crippen LogP contribution is -2.40. The number of ether oxygens (including phenoxy) is 2. The van der Waals surface area contributed by atoms with Gasteiger partial charge >= 0.3 is 0 Å². The van der Waals surface area contributed by atoms with Crippen molar-refractivity contribution in [1.82, 2.24) is 10.6 Å². The van der Waals surface area contributed by atoms with Gasteiger partial charge < -0.3 is 24.5 Å². The summed E-state index contributed by atoms with van der Waals surface area (Å²) in [5.74, 6) is 1.77. The second-order valence-corrected chi connectivity index (χ2v) is 9.72. The molecule has 0 bridgehead atoms. The van der Waals surface area contributed by atoms with Crippen molar-refractivity contribution in [3.05, 3.63) is 23.7 Å². The first-order valence-corrected chi connectivity index (χ1v) is 11.3. The van der Waals surface area contributed by atoms with Gasteiger partial charge in [0, 0.05) is 44.8 Å². The van der Waals surface area contributed by atoms with E-state index < -0.39 is 0 Å². The molecule has 30 heavy (non-hydrogen) atoms. The second-order valence-electron chi connectivity index (χ2n) is 9.72. The first kappa shape index (κ1) is 20.1. The lowest BCUT2D eigenvalue weighted by atomic mass is 9.93. The van der Waals surface area contributed by atoms with E-state index in [4.69, 9.17) is 13.9 Å². The minimum absolute atomic E-state index is 0.0459. The van der Waals surface area contributed by atoms with Crippen LogP contribution in [0.3, 0.4) is 0 Å². The van der Waals surface area contributed by atoms with Crippen LogP contribution in [0.25, 0.3) is 0 Å². The van der Waals surface area contributed by atoms with Gasteiger partial charge in [0.2, 0.25) is 11.8 Å². The predicted octanol–water partition coefficient (Wildman–Crippen LogP) is 2.49. The second kappa shape index (κ2) is 7.68. The number of rotatable bonds is 6. The van der Waals surface area contributed by atoms with Gasteiger partial charge in [-0.1, -0.05) is 0 Å². The van der Waals surface area contributed by atoms with Crippen molar-refractivity contribution < 1.29 is 23.5 Å². The van der Waals surface area contributed by atoms with Crippen LogP contribution in [0.15, 0.2) is 16.5 Å². The number of amides is 2. The number of carbonyl (C=O) groups excluding carboxylic acids is 2. The molecule has 7 nitrogen and oxygen atoms in total. The first-order valence-electron chi connectivity index (χ1n) is 11.3. The molecule has 3 atom stereocenters. The van der Waals surface area contributed by atoms with Gasteiger partial charge in [0.05, 0.1) is 0 Å². The van der Waals surface area contributed by atoms with Gasteiger partial charge in [-0.15, -0.1) is 0 Å². The van der Waals surface area contributed by atoms with Gasteiger partial charge in [-0.3, -0.25) is 9.59 Å². The van der Waals surface area contributed by atoms with E-state index in [9.17, 15) is 9.59 Å². The molecule has 7 heteroatoms. The molecule has 4 aliphatic rings. The molecule has 1 aromatic heterocycles. The summed E-state index contributed by atoms with van der Waals surface area (Å²) < 4.78 is 16.7. The van der Waals surface area contributed by atoms with E-state index in [0.717, 1.165) is 70.7 Å². The maximum absolute atomic E-state index is 13.0. The number of nitrogens with one attached hydrogen (secondary N) is 2. The summed E-state index contributed by atoms with van der Waals surface area (Å²) in [5, 5.41) is 6.24. The molecule has 2 amide bonds. The van der Waals surface area contributed by atoms with Gasteiger partial charge in [-0.2, -0.15) is 0 Å². The molecule has 5 rings (SSSR count). The molecule has 2 saturated heterocycles. The van der Waals surface area contributed by atoms with Crippen LogP contribution in [0, 0.1) is 29.6 Å². The fourth-order valence-electron chi connectivity index (χ4n) is 5.56. The van der Waals surface area contributed by atoms with Gasteiger partial charge in [0.1, 0.15) is 17.6 Å². The normalized spacial score (nSPS) is 29.4. The number of hydrogen-bond donors (Lipinski definition) is 2. The summed E-state index contributed by atoms with van der Waals surface area (Å²) in [6.07, 6.45) is 5.74. The summed E-state index contributed by atoms with van der Waals surface area (Å²) in [6.45, 7) is 5.23. The number of furan rings is 1. The Hall–Kier alpha value is -1.86. The van der Waals surface area contributed by atoms with Crippen molar-refractivity contribution in [1.29, 1.82) is 0 Å². The molecule has 2 aliphatic heterocycles. The Balaban J connectivity index is 1.20. The highest BCUT2D eigenvalue weighted by Crippen LogP contribution is 2.60. The summed E-state index contributed by atoms with van der Waals surface area (Å²) in [5.41, 5.74) is 0.268. The lowest BCUT2D eigenvalue weighted by molar-refractivity contribution is -0.126. The van der Waals surface area contributed by atoms with E-state index in [0.29, 0.717) is 12.3 Å². The van der Waals surface area contributed by atoms with E-state index >= 15 is 0 Å². The molecule has 4 fully saturated rings. The molecule has 3 heterocycles. The number of aryl methyl sites for hydroxylation is 1. The highest BCUT2D eigenvalue weighted by Gasteiger charge is 2.59. The quantitative estimate of drug-likeness (QED) is 0.744. The van der Waals surface area contributed by atoms with Gasteiger partial charge in [0.25, 0.3) is 0 Å². The maximum Gasteiger partial charge on any atom is 0.224 e. The fraction of sp³-hybridized carbons (Fsp3) is 0.739. The molecule has 164 valence electrons. The molecule has 0 unspecified atom stereocenters. The van der Waals surface area contributed by atoms with Crippen LogP contribution in [-0.4, -0.2) is 44.8 Å². The predicted molar refractivity (Wildman–Crippen MR) is 109 cm³/mol. The molecule has 0 radical (unpaired) electrons. The topological polar surface area (TPSA) is 89.8 Å². The van der Waals surface area contributed by atoms with Gasteiger partial charge in [0.15, 0.2) is 0 Å². The average molecular weight is 417 g/mol. The van der Waals surface area contributed by atoms with Gasteiger partial charge in [-0.05, 0) is 68.4 Å². The van der Waals surface area contributed by atoms with Crippen molar-refractivity contribution in [3.63, 3.8) is 0 Å². The summed E-state index contributed by atoms with van der Waals surface area (Å²) in [7, 11) is 0. The number of hydrogen-bond acceptors (Lipinski definition) is 5. The SMILES string of the molecule is Cc1ccc([C@H](CNC(=O)[C@@H]2CC23CCOCC3)NC(=O)[C@H]2CC23CCOCC3)o1. The van der Waals surface area contributed by atoms with Crippen LogP contribution in [0.5, 0.6) is 0 Å². The van der Waals surface area contributed by atoms with Crippen molar-refractivity contribution in [2.24, 2.45) is 22.7 Å².